The molecule has 0 saturated heterocycles. The summed E-state index contributed by atoms with van der Waals surface area (Å²) in [5.41, 5.74) is 0. The van der Waals surface area contributed by atoms with E-state index in [0.29, 0.717) is 24.7 Å². The first kappa shape index (κ1) is 12.3. The first-order valence-electron chi connectivity index (χ1n) is 5.34. The lowest BCUT2D eigenvalue weighted by atomic mass is 10.2. The van der Waals surface area contributed by atoms with Gasteiger partial charge < -0.3 is 10.1 Å². The number of nitrogens with one attached hydrogen (secondary N) is 1. The van der Waals surface area contributed by atoms with Crippen LogP contribution in [-0.2, 0) is 0 Å². The molecule has 1 unspecified atom stereocenters. The smallest absolute Gasteiger partial charge is 0.218 e. The van der Waals surface area contributed by atoms with E-state index in [1.54, 1.807) is 6.07 Å². The van der Waals surface area contributed by atoms with Crippen LogP contribution in [0.4, 0.5) is 5.82 Å². The molecule has 16 heavy (non-hydrogen) atoms. The zero-order valence-electron chi connectivity index (χ0n) is 9.95. The molecule has 0 fully saturated rings. The van der Waals surface area contributed by atoms with Crippen molar-refractivity contribution in [2.45, 2.75) is 33.2 Å². The Morgan fingerprint density at radius 2 is 2.31 bits per heavy atom. The van der Waals surface area contributed by atoms with Crippen molar-refractivity contribution >= 4 is 5.82 Å². The minimum Gasteiger partial charge on any atom is -0.478 e. The minimum atomic E-state index is 0.189. The molecule has 0 aliphatic carbocycles. The van der Waals surface area contributed by atoms with Crippen LogP contribution < -0.4 is 10.1 Å². The zero-order chi connectivity index (χ0) is 12.0. The summed E-state index contributed by atoms with van der Waals surface area (Å²) < 4.78 is 5.34. The second-order valence-corrected chi connectivity index (χ2v) is 3.53. The zero-order valence-corrected chi connectivity index (χ0v) is 9.95. The van der Waals surface area contributed by atoms with Crippen LogP contribution in [0.5, 0.6) is 5.88 Å². The Morgan fingerprint density at radius 3 is 2.94 bits per heavy atom. The molecule has 4 nitrogen and oxygen atoms in total. The Balaban J connectivity index is 2.76. The molecule has 0 spiro atoms. The number of nitrogens with zero attached hydrogens (tertiary/aromatic N) is 2. The van der Waals surface area contributed by atoms with E-state index in [2.05, 4.69) is 21.2 Å². The molecule has 0 radical (unpaired) electrons. The van der Waals surface area contributed by atoms with Crippen LogP contribution in [0.25, 0.3) is 0 Å². The number of ether oxygens (including phenoxy) is 1. The minimum absolute atomic E-state index is 0.189. The first-order valence-corrected chi connectivity index (χ1v) is 5.34. The maximum absolute atomic E-state index is 5.34. The highest BCUT2D eigenvalue weighted by Crippen LogP contribution is 2.14. The van der Waals surface area contributed by atoms with E-state index in [4.69, 9.17) is 11.2 Å². The monoisotopic (exact) mass is 219 g/mol. The number of terminal acetylenes is 1. The lowest BCUT2D eigenvalue weighted by Crippen LogP contribution is -2.15. The van der Waals surface area contributed by atoms with Crippen LogP contribution in [0.2, 0.25) is 0 Å². The molecule has 0 aliphatic heterocycles. The molecule has 86 valence electrons. The third-order valence-electron chi connectivity index (χ3n) is 1.92. The highest BCUT2D eigenvalue weighted by Gasteiger charge is 2.05. The van der Waals surface area contributed by atoms with Gasteiger partial charge >= 0.3 is 0 Å². The molecule has 0 aromatic carbocycles. The number of hydrogen-bond donors (Lipinski definition) is 1. The van der Waals surface area contributed by atoms with Gasteiger partial charge in [0.05, 0.1) is 6.61 Å². The van der Waals surface area contributed by atoms with Gasteiger partial charge in [0.25, 0.3) is 0 Å². The Labute approximate surface area is 96.5 Å². The molecule has 0 amide bonds. The second-order valence-electron chi connectivity index (χ2n) is 3.53. The normalized spacial score (nSPS) is 11.6. The summed E-state index contributed by atoms with van der Waals surface area (Å²) in [5.74, 6) is 4.62. The van der Waals surface area contributed by atoms with Crippen molar-refractivity contribution in [2.75, 3.05) is 11.9 Å². The van der Waals surface area contributed by atoms with E-state index in [-0.39, 0.29) is 6.04 Å². The fourth-order valence-corrected chi connectivity index (χ4v) is 1.32. The highest BCUT2D eigenvalue weighted by molar-refractivity contribution is 5.39. The predicted molar refractivity (Wildman–Crippen MR) is 64.5 cm³/mol. The average molecular weight is 219 g/mol. The molecule has 1 atom stereocenters. The molecule has 0 saturated carbocycles. The summed E-state index contributed by atoms with van der Waals surface area (Å²) in [6, 6.07) is 1.97. The fraction of sp³-hybridized carbons (Fsp3) is 0.500. The summed E-state index contributed by atoms with van der Waals surface area (Å²) in [5, 5.41) is 3.21. The first-order chi connectivity index (χ1) is 7.65. The van der Waals surface area contributed by atoms with Crippen LogP contribution in [-0.4, -0.2) is 22.6 Å². The van der Waals surface area contributed by atoms with Crippen molar-refractivity contribution in [1.82, 2.24) is 9.97 Å². The van der Waals surface area contributed by atoms with E-state index in [1.807, 2.05) is 20.8 Å². The van der Waals surface area contributed by atoms with Gasteiger partial charge in [0.15, 0.2) is 0 Å². The van der Waals surface area contributed by atoms with Crippen LogP contribution in [0.3, 0.4) is 0 Å². The number of rotatable bonds is 5. The molecule has 1 N–H and O–H groups in total. The Morgan fingerprint density at radius 1 is 1.56 bits per heavy atom. The van der Waals surface area contributed by atoms with Gasteiger partial charge in [-0.1, -0.05) is 0 Å². The summed E-state index contributed by atoms with van der Waals surface area (Å²) in [6.07, 6.45) is 5.90. The van der Waals surface area contributed by atoms with Gasteiger partial charge in [0.1, 0.15) is 11.6 Å². The van der Waals surface area contributed by atoms with Gasteiger partial charge in [-0.05, 0) is 20.8 Å². The van der Waals surface area contributed by atoms with E-state index in [1.165, 1.54) is 0 Å². The summed E-state index contributed by atoms with van der Waals surface area (Å²) in [6.45, 7) is 6.36. The predicted octanol–water partition coefficient (Wildman–Crippen LogP) is 2.01. The Kier molecular flexibility index (Phi) is 4.59. The van der Waals surface area contributed by atoms with Crippen molar-refractivity contribution in [1.29, 1.82) is 0 Å². The number of aromatic nitrogens is 2. The van der Waals surface area contributed by atoms with E-state index >= 15 is 0 Å². The maximum atomic E-state index is 5.34. The number of hydrogen-bond acceptors (Lipinski definition) is 4. The van der Waals surface area contributed by atoms with Crippen molar-refractivity contribution in [3.05, 3.63) is 11.9 Å². The van der Waals surface area contributed by atoms with Crippen molar-refractivity contribution < 1.29 is 4.74 Å². The van der Waals surface area contributed by atoms with E-state index < -0.39 is 0 Å². The fourth-order valence-electron chi connectivity index (χ4n) is 1.32. The quantitative estimate of drug-likeness (QED) is 0.769. The lowest BCUT2D eigenvalue weighted by molar-refractivity contribution is 0.325. The SMILES string of the molecule is C#CCC(C)Nc1cc(OCC)nc(C)n1. The average Bonchev–Trinajstić information content (AvgIpc) is 2.17. The highest BCUT2D eigenvalue weighted by atomic mass is 16.5. The third kappa shape index (κ3) is 3.77. The molecule has 1 rings (SSSR count). The van der Waals surface area contributed by atoms with Gasteiger partial charge in [0, 0.05) is 18.5 Å². The van der Waals surface area contributed by atoms with E-state index in [0.717, 1.165) is 5.82 Å². The summed E-state index contributed by atoms with van der Waals surface area (Å²) in [4.78, 5) is 8.43. The topological polar surface area (TPSA) is 47.0 Å². The van der Waals surface area contributed by atoms with Gasteiger partial charge in [-0.25, -0.2) is 4.98 Å². The largest absolute Gasteiger partial charge is 0.478 e. The van der Waals surface area contributed by atoms with Crippen LogP contribution in [0.15, 0.2) is 6.07 Å². The Bertz CT molecular complexity index is 384. The molecule has 1 aromatic rings. The van der Waals surface area contributed by atoms with Gasteiger partial charge in [-0.3, -0.25) is 0 Å². The van der Waals surface area contributed by atoms with Gasteiger partial charge in [0.2, 0.25) is 5.88 Å². The number of aryl methyl sites for hydroxylation is 1. The van der Waals surface area contributed by atoms with Gasteiger partial charge in [-0.15, -0.1) is 12.3 Å². The van der Waals surface area contributed by atoms with Crippen LogP contribution >= 0.6 is 0 Å². The van der Waals surface area contributed by atoms with Crippen LogP contribution in [0.1, 0.15) is 26.1 Å². The second kappa shape index (κ2) is 5.96. The molecule has 0 bridgehead atoms. The molecular weight excluding hydrogens is 202 g/mol. The summed E-state index contributed by atoms with van der Waals surface area (Å²) >= 11 is 0. The number of anilines is 1. The van der Waals surface area contributed by atoms with Crippen molar-refractivity contribution in [3.8, 4) is 18.2 Å². The molecular formula is C12H17N3O. The van der Waals surface area contributed by atoms with Crippen molar-refractivity contribution in [3.63, 3.8) is 0 Å². The third-order valence-corrected chi connectivity index (χ3v) is 1.92. The van der Waals surface area contributed by atoms with Gasteiger partial charge in [-0.2, -0.15) is 4.98 Å². The Hall–Kier alpha value is -1.76. The molecule has 1 aromatic heterocycles. The van der Waals surface area contributed by atoms with Crippen molar-refractivity contribution in [2.24, 2.45) is 0 Å². The molecule has 0 aliphatic rings. The summed E-state index contributed by atoms with van der Waals surface area (Å²) in [7, 11) is 0. The lowest BCUT2D eigenvalue weighted by Gasteiger charge is -2.12. The standard InChI is InChI=1S/C12H17N3O/c1-5-7-9(3)13-11-8-12(16-6-2)15-10(4)14-11/h1,8-9H,6-7H2,2-4H3,(H,13,14,15). The maximum Gasteiger partial charge on any atom is 0.218 e. The van der Waals surface area contributed by atoms with E-state index in [9.17, 15) is 0 Å². The van der Waals surface area contributed by atoms with Crippen LogP contribution in [0, 0.1) is 19.3 Å². The molecule has 1 heterocycles. The molecule has 4 heteroatoms.